The van der Waals surface area contributed by atoms with Gasteiger partial charge in [-0.05, 0) is 37.1 Å². The summed E-state index contributed by atoms with van der Waals surface area (Å²) in [6.07, 6.45) is 4.77. The lowest BCUT2D eigenvalue weighted by Crippen LogP contribution is -2.48. The van der Waals surface area contributed by atoms with Gasteiger partial charge in [-0.3, -0.25) is 4.99 Å². The smallest absolute Gasteiger partial charge is 0.191 e. The number of hydrogen-bond acceptors (Lipinski definition) is 5. The number of guanidine groups is 1. The van der Waals surface area contributed by atoms with Gasteiger partial charge >= 0.3 is 0 Å². The molecule has 7 heteroatoms. The summed E-state index contributed by atoms with van der Waals surface area (Å²) in [6, 6.07) is 3.79. The van der Waals surface area contributed by atoms with Crippen molar-refractivity contribution in [2.75, 3.05) is 45.7 Å². The molecule has 1 aliphatic rings. The number of nitrogens with zero attached hydrogens (tertiary/aromatic N) is 1. The lowest BCUT2D eigenvalue weighted by atomic mass is 9.99. The highest BCUT2D eigenvalue weighted by molar-refractivity contribution is 8.00. The maximum atomic E-state index is 5.59. The first-order chi connectivity index (χ1) is 12.3. The molecule has 2 rings (SSSR count). The van der Waals surface area contributed by atoms with Gasteiger partial charge in [-0.15, -0.1) is 0 Å². The topological polar surface area (TPSA) is 68.0 Å². The van der Waals surface area contributed by atoms with Crippen LogP contribution in [-0.2, 0) is 16.1 Å². The van der Waals surface area contributed by atoms with Crippen LogP contribution < -0.4 is 10.6 Å². The summed E-state index contributed by atoms with van der Waals surface area (Å²) in [4.78, 5) is 4.32. The molecule has 0 spiro atoms. The van der Waals surface area contributed by atoms with Crippen molar-refractivity contribution >= 4 is 17.7 Å². The zero-order valence-electron chi connectivity index (χ0n) is 15.4. The SMILES string of the molecule is CCSC1(CNC(=NC)NCCCOCc2ccco2)CCOCC1. The zero-order valence-corrected chi connectivity index (χ0v) is 16.2. The van der Waals surface area contributed by atoms with Crippen molar-refractivity contribution in [2.24, 2.45) is 4.99 Å². The van der Waals surface area contributed by atoms with E-state index in [1.165, 1.54) is 0 Å². The van der Waals surface area contributed by atoms with E-state index in [-0.39, 0.29) is 4.75 Å². The van der Waals surface area contributed by atoms with Gasteiger partial charge in [-0.1, -0.05) is 6.92 Å². The number of nitrogens with one attached hydrogen (secondary N) is 2. The second-order valence-corrected chi connectivity index (χ2v) is 7.80. The van der Waals surface area contributed by atoms with Gasteiger partial charge in [0, 0.05) is 44.7 Å². The standard InChI is InChI=1S/C18H31N3O3S/c1-3-25-18(7-12-22-13-8-18)15-21-17(19-2)20-9-5-10-23-14-16-6-4-11-24-16/h4,6,11H,3,5,7-10,12-15H2,1-2H3,(H2,19,20,21). The van der Waals surface area contributed by atoms with Crippen molar-refractivity contribution in [3.8, 4) is 0 Å². The molecule has 1 saturated heterocycles. The minimum absolute atomic E-state index is 0.261. The molecule has 2 N–H and O–H groups in total. The lowest BCUT2D eigenvalue weighted by Gasteiger charge is -2.37. The predicted molar refractivity (Wildman–Crippen MR) is 103 cm³/mol. The Morgan fingerprint density at radius 1 is 1.36 bits per heavy atom. The Bertz CT molecular complexity index is 482. The fourth-order valence-electron chi connectivity index (χ4n) is 2.84. The molecular weight excluding hydrogens is 338 g/mol. The van der Waals surface area contributed by atoms with Crippen LogP contribution in [0.4, 0.5) is 0 Å². The Hall–Kier alpha value is -1.18. The number of hydrogen-bond donors (Lipinski definition) is 2. The molecule has 6 nitrogen and oxygen atoms in total. The minimum atomic E-state index is 0.261. The van der Waals surface area contributed by atoms with E-state index >= 15 is 0 Å². The van der Waals surface area contributed by atoms with Crippen LogP contribution >= 0.6 is 11.8 Å². The number of aliphatic imine (C=N–C) groups is 1. The normalized spacial score (nSPS) is 17.4. The van der Waals surface area contributed by atoms with E-state index in [9.17, 15) is 0 Å². The van der Waals surface area contributed by atoms with Crippen LogP contribution in [0.15, 0.2) is 27.8 Å². The summed E-state index contributed by atoms with van der Waals surface area (Å²) < 4.78 is 16.6. The van der Waals surface area contributed by atoms with Gasteiger partial charge in [0.2, 0.25) is 0 Å². The van der Waals surface area contributed by atoms with Crippen molar-refractivity contribution in [2.45, 2.75) is 37.5 Å². The van der Waals surface area contributed by atoms with Crippen molar-refractivity contribution < 1.29 is 13.9 Å². The average Bonchev–Trinajstić information content (AvgIpc) is 3.15. The summed E-state index contributed by atoms with van der Waals surface area (Å²) in [5, 5.41) is 6.84. The predicted octanol–water partition coefficient (Wildman–Crippen LogP) is 2.65. The highest BCUT2D eigenvalue weighted by atomic mass is 32.2. The molecule has 1 aromatic heterocycles. The molecule has 0 unspecified atom stereocenters. The third-order valence-corrected chi connectivity index (χ3v) is 5.69. The van der Waals surface area contributed by atoms with Crippen molar-refractivity contribution in [1.82, 2.24) is 10.6 Å². The molecule has 0 aromatic carbocycles. The van der Waals surface area contributed by atoms with E-state index in [4.69, 9.17) is 13.9 Å². The monoisotopic (exact) mass is 369 g/mol. The summed E-state index contributed by atoms with van der Waals surface area (Å²) in [5.74, 6) is 2.84. The van der Waals surface area contributed by atoms with Gasteiger partial charge in [0.25, 0.3) is 0 Å². The fourth-order valence-corrected chi connectivity index (χ4v) is 4.08. The lowest BCUT2D eigenvalue weighted by molar-refractivity contribution is 0.0782. The largest absolute Gasteiger partial charge is 0.467 e. The van der Waals surface area contributed by atoms with Crippen molar-refractivity contribution in [3.63, 3.8) is 0 Å². The van der Waals surface area contributed by atoms with E-state index in [2.05, 4.69) is 22.5 Å². The van der Waals surface area contributed by atoms with Crippen molar-refractivity contribution in [1.29, 1.82) is 0 Å². The Balaban J connectivity index is 1.61. The average molecular weight is 370 g/mol. The summed E-state index contributed by atoms with van der Waals surface area (Å²) in [7, 11) is 1.81. The quantitative estimate of drug-likeness (QED) is 0.375. The Labute approximate surface area is 155 Å². The highest BCUT2D eigenvalue weighted by Crippen LogP contribution is 2.34. The van der Waals surface area contributed by atoms with E-state index < -0.39 is 0 Å². The van der Waals surface area contributed by atoms with Crippen LogP contribution in [0.25, 0.3) is 0 Å². The number of furan rings is 1. The molecule has 0 radical (unpaired) electrons. The number of thioether (sulfide) groups is 1. The molecule has 0 aliphatic carbocycles. The third-order valence-electron chi connectivity index (χ3n) is 4.24. The first kappa shape index (κ1) is 20.1. The summed E-state index contributed by atoms with van der Waals surface area (Å²) in [6.45, 7) is 6.90. The first-order valence-electron chi connectivity index (χ1n) is 9.04. The van der Waals surface area contributed by atoms with Crippen LogP contribution in [0.2, 0.25) is 0 Å². The van der Waals surface area contributed by atoms with E-state index in [1.54, 1.807) is 6.26 Å². The second-order valence-electron chi connectivity index (χ2n) is 6.07. The second kappa shape index (κ2) is 11.4. The highest BCUT2D eigenvalue weighted by Gasteiger charge is 2.32. The van der Waals surface area contributed by atoms with Gasteiger partial charge in [0.1, 0.15) is 12.4 Å². The Kier molecular flexibility index (Phi) is 9.21. The number of rotatable bonds is 10. The van der Waals surface area contributed by atoms with Crippen LogP contribution in [0.3, 0.4) is 0 Å². The van der Waals surface area contributed by atoms with Gasteiger partial charge in [0.05, 0.1) is 6.26 Å². The molecule has 25 heavy (non-hydrogen) atoms. The molecule has 1 aromatic rings. The molecule has 1 aliphatic heterocycles. The zero-order chi connectivity index (χ0) is 17.8. The molecule has 0 atom stereocenters. The van der Waals surface area contributed by atoms with Gasteiger partial charge < -0.3 is 24.5 Å². The Morgan fingerprint density at radius 3 is 2.88 bits per heavy atom. The number of ether oxygens (including phenoxy) is 2. The molecule has 0 bridgehead atoms. The summed E-state index contributed by atoms with van der Waals surface area (Å²) >= 11 is 2.03. The summed E-state index contributed by atoms with van der Waals surface area (Å²) in [5.41, 5.74) is 0. The minimum Gasteiger partial charge on any atom is -0.467 e. The maximum absolute atomic E-state index is 5.59. The van der Waals surface area contributed by atoms with Gasteiger partial charge in [-0.2, -0.15) is 11.8 Å². The van der Waals surface area contributed by atoms with E-state index in [0.29, 0.717) is 13.2 Å². The van der Waals surface area contributed by atoms with Crippen LogP contribution in [0.5, 0.6) is 0 Å². The van der Waals surface area contributed by atoms with Gasteiger partial charge in [-0.25, -0.2) is 0 Å². The maximum Gasteiger partial charge on any atom is 0.191 e. The van der Waals surface area contributed by atoms with Gasteiger partial charge in [0.15, 0.2) is 5.96 Å². The molecule has 142 valence electrons. The fraction of sp³-hybridized carbons (Fsp3) is 0.722. The third kappa shape index (κ3) is 7.30. The first-order valence-corrected chi connectivity index (χ1v) is 10.0. The van der Waals surface area contributed by atoms with E-state index in [1.807, 2.05) is 30.9 Å². The van der Waals surface area contributed by atoms with Crippen LogP contribution in [0, 0.1) is 0 Å². The van der Waals surface area contributed by atoms with Crippen molar-refractivity contribution in [3.05, 3.63) is 24.2 Å². The van der Waals surface area contributed by atoms with Crippen LogP contribution in [0.1, 0.15) is 31.9 Å². The van der Waals surface area contributed by atoms with E-state index in [0.717, 1.165) is 63.0 Å². The molecule has 2 heterocycles. The van der Waals surface area contributed by atoms with Crippen LogP contribution in [-0.4, -0.2) is 56.4 Å². The molecule has 0 saturated carbocycles. The molecule has 0 amide bonds. The molecule has 1 fully saturated rings. The molecular formula is C18H31N3O3S. The Morgan fingerprint density at radius 2 is 2.20 bits per heavy atom.